The van der Waals surface area contributed by atoms with Crippen molar-refractivity contribution in [3.8, 4) is 6.07 Å². The maximum absolute atomic E-state index is 12.8. The second-order valence-corrected chi connectivity index (χ2v) is 9.04. The van der Waals surface area contributed by atoms with Crippen LogP contribution >= 0.6 is 11.6 Å². The number of benzene rings is 2. The number of carbonyl (C=O) groups is 1. The first-order valence-electron chi connectivity index (χ1n) is 9.19. The van der Waals surface area contributed by atoms with Crippen LogP contribution in [0.15, 0.2) is 59.0 Å². The van der Waals surface area contributed by atoms with Crippen LogP contribution in [0.5, 0.6) is 0 Å². The molecule has 0 atom stereocenters. The van der Waals surface area contributed by atoms with Crippen molar-refractivity contribution >= 4 is 39.3 Å². The number of nitrogens with zero attached hydrogens (tertiary/aromatic N) is 2. The summed E-state index contributed by atoms with van der Waals surface area (Å²) in [5, 5.41) is 12.5. The van der Waals surface area contributed by atoms with Crippen LogP contribution in [-0.4, -0.2) is 31.7 Å². The summed E-state index contributed by atoms with van der Waals surface area (Å²) in [6.45, 7) is 1.00. The fourth-order valence-electron chi connectivity index (χ4n) is 3.06. The summed E-state index contributed by atoms with van der Waals surface area (Å²) in [5.41, 5.74) is 0.865. The van der Waals surface area contributed by atoms with Gasteiger partial charge in [0.15, 0.2) is 0 Å². The first kappa shape index (κ1) is 21.1. The molecule has 1 N–H and O–H groups in total. The number of nitrogens with one attached hydrogen (secondary N) is 1. The molecule has 3 rings (SSSR count). The van der Waals surface area contributed by atoms with E-state index in [-0.39, 0.29) is 10.5 Å². The maximum Gasteiger partial charge on any atom is 0.266 e. The van der Waals surface area contributed by atoms with Crippen LogP contribution in [0.25, 0.3) is 6.08 Å². The largest absolute Gasteiger partial charge is 0.321 e. The van der Waals surface area contributed by atoms with E-state index in [4.69, 9.17) is 11.6 Å². The minimum absolute atomic E-state index is 0.100. The van der Waals surface area contributed by atoms with Crippen LogP contribution in [0.3, 0.4) is 0 Å². The molecule has 1 fully saturated rings. The predicted molar refractivity (Wildman–Crippen MR) is 113 cm³/mol. The Labute approximate surface area is 175 Å². The van der Waals surface area contributed by atoms with E-state index in [0.717, 1.165) is 19.3 Å². The smallest absolute Gasteiger partial charge is 0.266 e. The molecule has 2 aromatic carbocycles. The third kappa shape index (κ3) is 5.24. The number of amides is 1. The Balaban J connectivity index is 1.79. The van der Waals surface area contributed by atoms with Gasteiger partial charge in [0.1, 0.15) is 11.6 Å². The van der Waals surface area contributed by atoms with Gasteiger partial charge in [0.2, 0.25) is 10.0 Å². The summed E-state index contributed by atoms with van der Waals surface area (Å²) in [6, 6.07) is 14.7. The number of hydrogen-bond acceptors (Lipinski definition) is 4. The van der Waals surface area contributed by atoms with E-state index < -0.39 is 15.9 Å². The zero-order chi connectivity index (χ0) is 20.9. The lowest BCUT2D eigenvalue weighted by atomic mass is 10.1. The third-order valence-corrected chi connectivity index (χ3v) is 6.74. The van der Waals surface area contributed by atoms with Gasteiger partial charge in [0.05, 0.1) is 4.90 Å². The van der Waals surface area contributed by atoms with Crippen molar-refractivity contribution in [3.05, 3.63) is 64.7 Å². The van der Waals surface area contributed by atoms with Gasteiger partial charge in [0, 0.05) is 23.8 Å². The average molecular weight is 430 g/mol. The minimum Gasteiger partial charge on any atom is -0.321 e. The van der Waals surface area contributed by atoms with Crippen molar-refractivity contribution < 1.29 is 13.2 Å². The summed E-state index contributed by atoms with van der Waals surface area (Å²) in [6.07, 6.45) is 4.16. The Morgan fingerprint density at radius 1 is 1.10 bits per heavy atom. The molecule has 2 aromatic rings. The van der Waals surface area contributed by atoms with Gasteiger partial charge in [-0.3, -0.25) is 4.79 Å². The fourth-order valence-corrected chi connectivity index (χ4v) is 4.75. The van der Waals surface area contributed by atoms with Gasteiger partial charge in [-0.15, -0.1) is 0 Å². The van der Waals surface area contributed by atoms with Gasteiger partial charge in [-0.25, -0.2) is 8.42 Å². The van der Waals surface area contributed by atoms with Gasteiger partial charge in [-0.05, 0) is 54.8 Å². The molecular weight excluding hydrogens is 410 g/mol. The van der Waals surface area contributed by atoms with E-state index >= 15 is 0 Å². The first-order valence-corrected chi connectivity index (χ1v) is 11.0. The Bertz CT molecular complexity index is 1070. The SMILES string of the molecule is N#C/C(=C\c1ccc(Cl)cc1)C(=O)Nc1cccc(S(=O)(=O)N2CCCCC2)c1. The van der Waals surface area contributed by atoms with Gasteiger partial charge < -0.3 is 5.32 Å². The van der Waals surface area contributed by atoms with Gasteiger partial charge in [-0.2, -0.15) is 9.57 Å². The van der Waals surface area contributed by atoms with Crippen LogP contribution in [0.2, 0.25) is 5.02 Å². The number of nitriles is 1. The van der Waals surface area contributed by atoms with Crippen LogP contribution in [0, 0.1) is 11.3 Å². The van der Waals surface area contributed by atoms with E-state index in [1.165, 1.54) is 22.5 Å². The third-order valence-electron chi connectivity index (χ3n) is 4.59. The number of rotatable bonds is 5. The molecule has 0 unspecified atom stereocenters. The highest BCUT2D eigenvalue weighted by atomic mass is 35.5. The van der Waals surface area contributed by atoms with Crippen LogP contribution in [0.1, 0.15) is 24.8 Å². The Morgan fingerprint density at radius 3 is 2.45 bits per heavy atom. The Hall–Kier alpha value is -2.66. The molecule has 1 saturated heterocycles. The molecule has 1 aliphatic rings. The minimum atomic E-state index is -3.61. The summed E-state index contributed by atoms with van der Waals surface area (Å²) >= 11 is 5.84. The molecule has 0 radical (unpaired) electrons. The standard InChI is InChI=1S/C21H20ClN3O3S/c22-18-9-7-16(8-10-18)13-17(15-23)21(26)24-19-5-4-6-20(14-19)29(27,28)25-11-2-1-3-12-25/h4-10,13-14H,1-3,11-12H2,(H,24,26)/b17-13+. The highest BCUT2D eigenvalue weighted by molar-refractivity contribution is 7.89. The van der Waals surface area contributed by atoms with Crippen molar-refractivity contribution in [2.24, 2.45) is 0 Å². The molecule has 1 amide bonds. The maximum atomic E-state index is 12.8. The number of anilines is 1. The summed E-state index contributed by atoms with van der Waals surface area (Å²) in [7, 11) is -3.61. The highest BCUT2D eigenvalue weighted by Gasteiger charge is 2.26. The number of hydrogen-bond donors (Lipinski definition) is 1. The van der Waals surface area contributed by atoms with Crippen LogP contribution < -0.4 is 5.32 Å². The monoisotopic (exact) mass is 429 g/mol. The summed E-state index contributed by atoms with van der Waals surface area (Å²) in [4.78, 5) is 12.6. The molecule has 0 aliphatic carbocycles. The Morgan fingerprint density at radius 2 is 1.79 bits per heavy atom. The zero-order valence-corrected chi connectivity index (χ0v) is 17.2. The molecule has 0 bridgehead atoms. The lowest BCUT2D eigenvalue weighted by Gasteiger charge is -2.26. The van der Waals surface area contributed by atoms with Crippen molar-refractivity contribution in [2.45, 2.75) is 24.2 Å². The predicted octanol–water partition coefficient (Wildman–Crippen LogP) is 4.06. The molecule has 29 heavy (non-hydrogen) atoms. The Kier molecular flexibility index (Phi) is 6.70. The summed E-state index contributed by atoms with van der Waals surface area (Å²) < 4.78 is 27.1. The van der Waals surface area contributed by atoms with Crippen molar-refractivity contribution in [1.29, 1.82) is 5.26 Å². The highest BCUT2D eigenvalue weighted by Crippen LogP contribution is 2.23. The average Bonchev–Trinajstić information content (AvgIpc) is 2.74. The quantitative estimate of drug-likeness (QED) is 0.573. The van der Waals surface area contributed by atoms with E-state index in [1.54, 1.807) is 36.4 Å². The molecule has 0 saturated carbocycles. The van der Waals surface area contributed by atoms with Crippen LogP contribution in [-0.2, 0) is 14.8 Å². The molecular formula is C21H20ClN3O3S. The number of carbonyl (C=O) groups excluding carboxylic acids is 1. The van der Waals surface area contributed by atoms with Crippen molar-refractivity contribution in [1.82, 2.24) is 4.31 Å². The fraction of sp³-hybridized carbons (Fsp3) is 0.238. The topological polar surface area (TPSA) is 90.3 Å². The number of piperidine rings is 1. The van der Waals surface area contributed by atoms with E-state index in [1.807, 2.05) is 6.07 Å². The summed E-state index contributed by atoms with van der Waals surface area (Å²) in [5.74, 6) is -0.616. The molecule has 0 spiro atoms. The molecule has 0 aromatic heterocycles. The van der Waals surface area contributed by atoms with Crippen molar-refractivity contribution in [2.75, 3.05) is 18.4 Å². The van der Waals surface area contributed by atoms with E-state index in [2.05, 4.69) is 5.32 Å². The lowest BCUT2D eigenvalue weighted by molar-refractivity contribution is -0.112. The first-order chi connectivity index (χ1) is 13.9. The number of halogens is 1. The molecule has 1 aliphatic heterocycles. The van der Waals surface area contributed by atoms with Crippen LogP contribution in [0.4, 0.5) is 5.69 Å². The van der Waals surface area contributed by atoms with Crippen molar-refractivity contribution in [3.63, 3.8) is 0 Å². The molecule has 1 heterocycles. The lowest BCUT2D eigenvalue weighted by Crippen LogP contribution is -2.35. The second-order valence-electron chi connectivity index (χ2n) is 6.67. The van der Waals surface area contributed by atoms with Gasteiger partial charge in [0.25, 0.3) is 5.91 Å². The van der Waals surface area contributed by atoms with E-state index in [9.17, 15) is 18.5 Å². The zero-order valence-electron chi connectivity index (χ0n) is 15.6. The van der Waals surface area contributed by atoms with Gasteiger partial charge >= 0.3 is 0 Å². The second kappa shape index (κ2) is 9.23. The van der Waals surface area contributed by atoms with E-state index in [0.29, 0.717) is 29.4 Å². The molecule has 150 valence electrons. The molecule has 6 nitrogen and oxygen atoms in total. The van der Waals surface area contributed by atoms with Gasteiger partial charge in [-0.1, -0.05) is 36.2 Å². The molecule has 8 heteroatoms. The number of sulfonamides is 1. The normalized spacial score (nSPS) is 15.5.